The van der Waals surface area contributed by atoms with Crippen LogP contribution in [0.4, 0.5) is 19.0 Å². The Morgan fingerprint density at radius 2 is 1.96 bits per heavy atom. The number of rotatable bonds is 3. The number of carbonyl (C=O) groups is 1. The Kier molecular flexibility index (Phi) is 4.33. The van der Waals surface area contributed by atoms with Crippen molar-refractivity contribution in [2.75, 3.05) is 24.6 Å². The highest BCUT2D eigenvalue weighted by molar-refractivity contribution is 5.88. The van der Waals surface area contributed by atoms with Gasteiger partial charge >= 0.3 is 12.1 Å². The fraction of sp³-hybridized carbons (Fsp3) is 0.533. The molecule has 24 heavy (non-hydrogen) atoms. The molecule has 0 aromatic carbocycles. The molecule has 0 spiro atoms. The summed E-state index contributed by atoms with van der Waals surface area (Å²) < 4.78 is 45.6. The van der Waals surface area contributed by atoms with E-state index in [1.807, 2.05) is 4.90 Å². The monoisotopic (exact) mass is 342 g/mol. The van der Waals surface area contributed by atoms with Gasteiger partial charge in [-0.1, -0.05) is 0 Å². The van der Waals surface area contributed by atoms with E-state index in [1.54, 1.807) is 6.92 Å². The zero-order valence-electron chi connectivity index (χ0n) is 13.1. The molecule has 2 aromatic heterocycles. The molecule has 0 atom stereocenters. The number of piperidine rings is 1. The van der Waals surface area contributed by atoms with Crippen LogP contribution in [0.1, 0.15) is 42.4 Å². The summed E-state index contributed by atoms with van der Waals surface area (Å²) in [6.07, 6.45) is -1.71. The number of nitrogens with zero attached hydrogens (tertiary/aromatic N) is 4. The summed E-state index contributed by atoms with van der Waals surface area (Å²) in [6.45, 7) is 3.06. The lowest BCUT2D eigenvalue weighted by Gasteiger charge is -2.28. The van der Waals surface area contributed by atoms with Gasteiger partial charge in [-0.2, -0.15) is 18.3 Å². The summed E-state index contributed by atoms with van der Waals surface area (Å²) in [5.41, 5.74) is -1.16. The van der Waals surface area contributed by atoms with Crippen molar-refractivity contribution in [3.63, 3.8) is 0 Å². The third-order valence-electron chi connectivity index (χ3n) is 3.87. The Balaban J connectivity index is 2.10. The fourth-order valence-corrected chi connectivity index (χ4v) is 2.75. The van der Waals surface area contributed by atoms with Gasteiger partial charge in [-0.05, 0) is 26.2 Å². The first-order chi connectivity index (χ1) is 11.4. The molecule has 130 valence electrons. The smallest absolute Gasteiger partial charge is 0.433 e. The Hall–Kier alpha value is -2.32. The first kappa shape index (κ1) is 16.5. The quantitative estimate of drug-likeness (QED) is 0.803. The lowest BCUT2D eigenvalue weighted by atomic mass is 10.1. The zero-order valence-corrected chi connectivity index (χ0v) is 13.1. The van der Waals surface area contributed by atoms with Crippen molar-refractivity contribution in [3.8, 4) is 0 Å². The molecule has 1 fully saturated rings. The van der Waals surface area contributed by atoms with Crippen LogP contribution < -0.4 is 4.90 Å². The molecule has 1 saturated heterocycles. The third kappa shape index (κ3) is 3.15. The molecule has 3 rings (SSSR count). The highest BCUT2D eigenvalue weighted by Gasteiger charge is 2.36. The second kappa shape index (κ2) is 6.29. The predicted molar refractivity (Wildman–Crippen MR) is 80.0 cm³/mol. The molecule has 0 aliphatic carbocycles. The van der Waals surface area contributed by atoms with Crippen molar-refractivity contribution in [2.24, 2.45) is 0 Å². The van der Waals surface area contributed by atoms with E-state index in [0.717, 1.165) is 25.3 Å². The van der Waals surface area contributed by atoms with Crippen molar-refractivity contribution in [3.05, 3.63) is 23.5 Å². The maximum Gasteiger partial charge on any atom is 0.433 e. The second-order valence-corrected chi connectivity index (χ2v) is 5.57. The normalized spacial score (nSPS) is 15.8. The molecule has 0 saturated carbocycles. The molecular formula is C15H17F3N4O2. The number of anilines is 1. The van der Waals surface area contributed by atoms with Gasteiger partial charge in [0.1, 0.15) is 5.82 Å². The first-order valence-electron chi connectivity index (χ1n) is 7.80. The van der Waals surface area contributed by atoms with Crippen molar-refractivity contribution in [1.82, 2.24) is 14.6 Å². The number of hydrogen-bond acceptors (Lipinski definition) is 5. The van der Waals surface area contributed by atoms with Crippen molar-refractivity contribution in [1.29, 1.82) is 0 Å². The van der Waals surface area contributed by atoms with Gasteiger partial charge in [0.15, 0.2) is 17.0 Å². The van der Waals surface area contributed by atoms with Crippen LogP contribution in [-0.2, 0) is 10.9 Å². The van der Waals surface area contributed by atoms with Crippen LogP contribution in [0, 0.1) is 0 Å². The largest absolute Gasteiger partial charge is 0.461 e. The van der Waals surface area contributed by atoms with Gasteiger partial charge in [-0.25, -0.2) is 14.3 Å². The zero-order chi connectivity index (χ0) is 17.3. The number of halogens is 3. The Bertz CT molecular complexity index is 751. The number of carbonyl (C=O) groups excluding carboxylic acids is 1. The van der Waals surface area contributed by atoms with E-state index in [0.29, 0.717) is 17.6 Å². The highest BCUT2D eigenvalue weighted by Crippen LogP contribution is 2.32. The topological polar surface area (TPSA) is 59.7 Å². The molecule has 0 amide bonds. The first-order valence-corrected chi connectivity index (χ1v) is 7.80. The summed E-state index contributed by atoms with van der Waals surface area (Å²) in [4.78, 5) is 17.8. The van der Waals surface area contributed by atoms with Crippen LogP contribution in [0.5, 0.6) is 0 Å². The Morgan fingerprint density at radius 1 is 1.25 bits per heavy atom. The Labute approximate surface area is 136 Å². The van der Waals surface area contributed by atoms with E-state index in [4.69, 9.17) is 4.74 Å². The molecular weight excluding hydrogens is 325 g/mol. The molecule has 2 aromatic rings. The Morgan fingerprint density at radius 3 is 2.58 bits per heavy atom. The average molecular weight is 342 g/mol. The van der Waals surface area contributed by atoms with E-state index < -0.39 is 17.8 Å². The number of ether oxygens (including phenoxy) is 1. The summed E-state index contributed by atoms with van der Waals surface area (Å²) >= 11 is 0. The summed E-state index contributed by atoms with van der Waals surface area (Å²) in [5.74, 6) is -0.513. The van der Waals surface area contributed by atoms with Crippen molar-refractivity contribution < 1.29 is 22.7 Å². The van der Waals surface area contributed by atoms with Gasteiger partial charge in [-0.3, -0.25) is 0 Å². The minimum atomic E-state index is -4.61. The highest BCUT2D eigenvalue weighted by atomic mass is 19.4. The number of aromatic nitrogens is 3. The van der Waals surface area contributed by atoms with Crippen LogP contribution in [0.3, 0.4) is 0 Å². The maximum absolute atomic E-state index is 13.4. The molecule has 1 aliphatic rings. The van der Waals surface area contributed by atoms with Crippen molar-refractivity contribution in [2.45, 2.75) is 32.4 Å². The SMILES string of the molecule is CCOC(=O)c1cc2nc(N3CCCCC3)cc(C(F)(F)F)n2n1. The van der Waals surface area contributed by atoms with E-state index in [2.05, 4.69) is 10.1 Å². The van der Waals surface area contributed by atoms with Gasteiger partial charge in [0, 0.05) is 25.2 Å². The van der Waals surface area contributed by atoms with E-state index in [9.17, 15) is 18.0 Å². The number of fused-ring (bicyclic) bond motifs is 1. The van der Waals surface area contributed by atoms with Crippen LogP contribution in [0.2, 0.25) is 0 Å². The summed E-state index contributed by atoms with van der Waals surface area (Å²) in [5, 5.41) is 3.73. The molecule has 0 radical (unpaired) electrons. The number of hydrogen-bond donors (Lipinski definition) is 0. The van der Waals surface area contributed by atoms with Gasteiger partial charge in [-0.15, -0.1) is 0 Å². The van der Waals surface area contributed by atoms with E-state index in [1.165, 1.54) is 6.07 Å². The third-order valence-corrected chi connectivity index (χ3v) is 3.87. The predicted octanol–water partition coefficient (Wildman–Crippen LogP) is 2.92. The van der Waals surface area contributed by atoms with E-state index >= 15 is 0 Å². The summed E-state index contributed by atoms with van der Waals surface area (Å²) in [7, 11) is 0. The van der Waals surface area contributed by atoms with Gasteiger partial charge in [0.2, 0.25) is 0 Å². The minimum absolute atomic E-state index is 0.0200. The van der Waals surface area contributed by atoms with Crippen LogP contribution in [0.15, 0.2) is 12.1 Å². The number of alkyl halides is 3. The summed E-state index contributed by atoms with van der Waals surface area (Å²) in [6, 6.07) is 2.21. The number of esters is 1. The van der Waals surface area contributed by atoms with Gasteiger partial charge in [0.05, 0.1) is 6.61 Å². The molecule has 1 aliphatic heterocycles. The molecule has 9 heteroatoms. The van der Waals surface area contributed by atoms with Crippen LogP contribution in [0.25, 0.3) is 5.65 Å². The maximum atomic E-state index is 13.4. The molecule has 6 nitrogen and oxygen atoms in total. The molecule has 0 unspecified atom stereocenters. The lowest BCUT2D eigenvalue weighted by Crippen LogP contribution is -2.31. The minimum Gasteiger partial charge on any atom is -0.461 e. The average Bonchev–Trinajstić information content (AvgIpc) is 2.98. The van der Waals surface area contributed by atoms with Gasteiger partial charge < -0.3 is 9.64 Å². The second-order valence-electron chi connectivity index (χ2n) is 5.57. The molecule has 0 bridgehead atoms. The van der Waals surface area contributed by atoms with Crippen molar-refractivity contribution >= 4 is 17.4 Å². The van der Waals surface area contributed by atoms with Crippen LogP contribution in [-0.4, -0.2) is 40.3 Å². The standard InChI is InChI=1S/C15H17F3N4O2/c1-2-24-14(23)10-8-13-19-12(21-6-4-3-5-7-21)9-11(15(16,17)18)22(13)20-10/h8-9H,2-7H2,1H3. The van der Waals surface area contributed by atoms with Crippen LogP contribution >= 0.6 is 0 Å². The van der Waals surface area contributed by atoms with Gasteiger partial charge in [0.25, 0.3) is 0 Å². The molecule has 0 N–H and O–H groups in total. The molecule has 3 heterocycles. The fourth-order valence-electron chi connectivity index (χ4n) is 2.75. The van der Waals surface area contributed by atoms with E-state index in [-0.39, 0.29) is 23.8 Å². The lowest BCUT2D eigenvalue weighted by molar-refractivity contribution is -0.142.